The number of carbonyl (C=O) groups is 2. The Hall–Kier alpha value is -3.85. The average molecular weight is 425 g/mol. The molecule has 3 aromatic rings. The molecule has 3 rings (SSSR count). The first-order valence-corrected chi connectivity index (χ1v) is 9.52. The first-order chi connectivity index (χ1) is 15.0. The predicted molar refractivity (Wildman–Crippen MR) is 111 cm³/mol. The Kier molecular flexibility index (Phi) is 7.23. The molecule has 2 aromatic carbocycles. The number of carboxylic acid groups (broad SMARTS) is 1. The second kappa shape index (κ2) is 10.3. The van der Waals surface area contributed by atoms with Crippen molar-refractivity contribution in [1.29, 1.82) is 0 Å². The van der Waals surface area contributed by atoms with Crippen molar-refractivity contribution in [1.82, 2.24) is 9.55 Å². The van der Waals surface area contributed by atoms with Crippen LogP contribution < -0.4 is 19.9 Å². The number of hydrogen-bond acceptors (Lipinski definition) is 7. The van der Waals surface area contributed by atoms with Crippen LogP contribution in [0.4, 0.5) is 0 Å². The number of nitrogens with two attached hydrogens (primary N) is 1. The monoisotopic (exact) mass is 425 g/mol. The van der Waals surface area contributed by atoms with Crippen LogP contribution in [0.5, 0.6) is 17.2 Å². The maximum atomic E-state index is 12.5. The number of aromatic nitrogens is 2. The van der Waals surface area contributed by atoms with Crippen molar-refractivity contribution in [2.24, 2.45) is 5.73 Å². The molecule has 162 valence electrons. The summed E-state index contributed by atoms with van der Waals surface area (Å²) in [5.41, 5.74) is 6.56. The molecular weight excluding hydrogens is 402 g/mol. The summed E-state index contributed by atoms with van der Waals surface area (Å²) in [5, 5.41) is 8.88. The van der Waals surface area contributed by atoms with Crippen LogP contribution in [0.2, 0.25) is 0 Å². The fourth-order valence-electron chi connectivity index (χ4n) is 2.79. The van der Waals surface area contributed by atoms with Gasteiger partial charge in [0.25, 0.3) is 0 Å². The largest absolute Gasteiger partial charge is 0.493 e. The third-order valence-electron chi connectivity index (χ3n) is 4.47. The van der Waals surface area contributed by atoms with Gasteiger partial charge < -0.3 is 29.6 Å². The molecule has 3 N–H and O–H groups in total. The average Bonchev–Trinajstić information content (AvgIpc) is 3.28. The van der Waals surface area contributed by atoms with E-state index in [1.165, 1.54) is 7.11 Å². The lowest BCUT2D eigenvalue weighted by Gasteiger charge is -2.12. The zero-order valence-electron chi connectivity index (χ0n) is 16.9. The molecular formula is C22H23N3O6. The molecule has 0 amide bonds. The van der Waals surface area contributed by atoms with Crippen molar-refractivity contribution in [2.75, 3.05) is 13.7 Å². The van der Waals surface area contributed by atoms with Crippen LogP contribution in [-0.4, -0.2) is 46.4 Å². The van der Waals surface area contributed by atoms with Crippen molar-refractivity contribution in [3.05, 3.63) is 72.3 Å². The highest BCUT2D eigenvalue weighted by molar-refractivity contribution is 5.91. The number of imidazole rings is 1. The summed E-state index contributed by atoms with van der Waals surface area (Å²) in [5.74, 6) is -0.370. The fourth-order valence-corrected chi connectivity index (χ4v) is 2.79. The second-order valence-electron chi connectivity index (χ2n) is 6.70. The van der Waals surface area contributed by atoms with Gasteiger partial charge in [-0.15, -0.1) is 0 Å². The van der Waals surface area contributed by atoms with Gasteiger partial charge in [0.1, 0.15) is 18.4 Å². The van der Waals surface area contributed by atoms with Crippen LogP contribution >= 0.6 is 0 Å². The van der Waals surface area contributed by atoms with E-state index < -0.39 is 18.0 Å². The van der Waals surface area contributed by atoms with Gasteiger partial charge >= 0.3 is 11.9 Å². The van der Waals surface area contributed by atoms with E-state index in [0.717, 1.165) is 5.56 Å². The van der Waals surface area contributed by atoms with Gasteiger partial charge in [-0.2, -0.15) is 0 Å². The van der Waals surface area contributed by atoms with Crippen molar-refractivity contribution < 1.29 is 28.9 Å². The predicted octanol–water partition coefficient (Wildman–Crippen LogP) is 2.14. The van der Waals surface area contributed by atoms with E-state index in [4.69, 9.17) is 25.1 Å². The van der Waals surface area contributed by atoms with Crippen LogP contribution in [0, 0.1) is 0 Å². The maximum absolute atomic E-state index is 12.5. The first kappa shape index (κ1) is 21.8. The zero-order valence-corrected chi connectivity index (χ0v) is 16.9. The van der Waals surface area contributed by atoms with Gasteiger partial charge in [0.15, 0.2) is 11.5 Å². The van der Waals surface area contributed by atoms with Gasteiger partial charge in [-0.25, -0.2) is 9.78 Å². The van der Waals surface area contributed by atoms with Crippen molar-refractivity contribution in [3.8, 4) is 17.2 Å². The number of esters is 1. The van der Waals surface area contributed by atoms with Crippen molar-refractivity contribution >= 4 is 11.9 Å². The van der Waals surface area contributed by atoms with Gasteiger partial charge in [-0.3, -0.25) is 4.79 Å². The summed E-state index contributed by atoms with van der Waals surface area (Å²) < 4.78 is 18.3. The molecule has 0 saturated heterocycles. The van der Waals surface area contributed by atoms with Crippen LogP contribution in [-0.2, 0) is 17.8 Å². The molecule has 1 aromatic heterocycles. The fraction of sp³-hybridized carbons (Fsp3) is 0.227. The molecule has 1 heterocycles. The van der Waals surface area contributed by atoms with Crippen LogP contribution in [0.3, 0.4) is 0 Å². The molecule has 0 unspecified atom stereocenters. The minimum atomic E-state index is -1.07. The normalized spacial score (nSPS) is 11.5. The lowest BCUT2D eigenvalue weighted by atomic mass is 10.1. The van der Waals surface area contributed by atoms with Crippen molar-refractivity contribution in [3.63, 3.8) is 0 Å². The minimum absolute atomic E-state index is 0.184. The third-order valence-corrected chi connectivity index (χ3v) is 4.47. The molecule has 0 saturated carbocycles. The second-order valence-corrected chi connectivity index (χ2v) is 6.70. The summed E-state index contributed by atoms with van der Waals surface area (Å²) in [6.07, 6.45) is 5.42. The lowest BCUT2D eigenvalue weighted by molar-refractivity contribution is -0.138. The maximum Gasteiger partial charge on any atom is 0.343 e. The third kappa shape index (κ3) is 6.06. The number of nitrogens with zero attached hydrogens (tertiary/aromatic N) is 2. The molecule has 0 bridgehead atoms. The highest BCUT2D eigenvalue weighted by Gasteiger charge is 2.15. The standard InChI is InChI=1S/C22H23N3O6/c1-29-20-13-16(4-7-19(20)30-11-10-25-9-8-24-14-25)22(28)31-17-5-2-15(3-6-17)12-18(23)21(26)27/h2-9,13-14,18H,10-12,23H2,1H3,(H,26,27)/t18-/m1/s1. The van der Waals surface area contributed by atoms with E-state index in [2.05, 4.69) is 4.98 Å². The highest BCUT2D eigenvalue weighted by atomic mass is 16.5. The molecule has 0 aliphatic carbocycles. The topological polar surface area (TPSA) is 126 Å². The Morgan fingerprint density at radius 2 is 1.94 bits per heavy atom. The Labute approximate surface area is 179 Å². The van der Waals surface area contributed by atoms with Gasteiger partial charge in [0.05, 0.1) is 25.5 Å². The number of benzene rings is 2. The number of carbonyl (C=O) groups excluding carboxylic acids is 1. The summed E-state index contributed by atoms with van der Waals surface area (Å²) in [7, 11) is 1.49. The number of methoxy groups -OCH3 is 1. The summed E-state index contributed by atoms with van der Waals surface area (Å²) in [6.45, 7) is 1.04. The van der Waals surface area contributed by atoms with Crippen molar-refractivity contribution in [2.45, 2.75) is 19.0 Å². The van der Waals surface area contributed by atoms with Gasteiger partial charge in [0, 0.05) is 12.4 Å². The lowest BCUT2D eigenvalue weighted by Crippen LogP contribution is -2.32. The zero-order chi connectivity index (χ0) is 22.2. The van der Waals surface area contributed by atoms with E-state index in [9.17, 15) is 9.59 Å². The molecule has 0 radical (unpaired) electrons. The van der Waals surface area contributed by atoms with Crippen LogP contribution in [0.1, 0.15) is 15.9 Å². The Morgan fingerprint density at radius 3 is 2.58 bits per heavy atom. The summed E-state index contributed by atoms with van der Waals surface area (Å²) in [6, 6.07) is 10.3. The molecule has 0 aliphatic rings. The number of rotatable bonds is 10. The van der Waals surface area contributed by atoms with E-state index in [1.807, 2.05) is 10.8 Å². The number of hydrogen-bond donors (Lipinski definition) is 2. The molecule has 31 heavy (non-hydrogen) atoms. The number of aliphatic carboxylic acids is 1. The van der Waals surface area contributed by atoms with E-state index in [1.54, 1.807) is 55.0 Å². The SMILES string of the molecule is COc1cc(C(=O)Oc2ccc(C[C@@H](N)C(=O)O)cc2)ccc1OCCn1ccnc1. The smallest absolute Gasteiger partial charge is 0.343 e. The Morgan fingerprint density at radius 1 is 1.16 bits per heavy atom. The molecule has 9 heteroatoms. The van der Waals surface area contributed by atoms with Crippen LogP contribution in [0.25, 0.3) is 0 Å². The summed E-state index contributed by atoms with van der Waals surface area (Å²) in [4.78, 5) is 27.3. The first-order valence-electron chi connectivity index (χ1n) is 9.52. The molecule has 0 spiro atoms. The van der Waals surface area contributed by atoms with E-state index in [-0.39, 0.29) is 6.42 Å². The molecule has 9 nitrogen and oxygen atoms in total. The van der Waals surface area contributed by atoms with Gasteiger partial charge in [0.2, 0.25) is 0 Å². The van der Waals surface area contributed by atoms with E-state index >= 15 is 0 Å². The summed E-state index contributed by atoms with van der Waals surface area (Å²) >= 11 is 0. The molecule has 1 atom stereocenters. The Bertz CT molecular complexity index is 1020. The number of carboxylic acids is 1. The van der Waals surface area contributed by atoms with Gasteiger partial charge in [-0.1, -0.05) is 12.1 Å². The van der Waals surface area contributed by atoms with Crippen LogP contribution in [0.15, 0.2) is 61.2 Å². The van der Waals surface area contributed by atoms with E-state index in [0.29, 0.717) is 36.0 Å². The highest BCUT2D eigenvalue weighted by Crippen LogP contribution is 2.28. The Balaban J connectivity index is 1.60. The molecule has 0 aliphatic heterocycles. The molecule has 0 fully saturated rings. The quantitative estimate of drug-likeness (QED) is 0.374. The number of ether oxygens (including phenoxy) is 3. The van der Waals surface area contributed by atoms with Gasteiger partial charge in [-0.05, 0) is 42.3 Å². The minimum Gasteiger partial charge on any atom is -0.493 e.